The minimum absolute atomic E-state index is 0.148. The minimum Gasteiger partial charge on any atom is -0.465 e. The first-order valence-electron chi connectivity index (χ1n) is 6.23. The molecular weight excluding hydrogens is 367 g/mol. The Morgan fingerprint density at radius 3 is 1.89 bits per heavy atom. The first-order chi connectivity index (χ1) is 8.51. The summed E-state index contributed by atoms with van der Waals surface area (Å²) in [6, 6.07) is 0.498. The van der Waals surface area contributed by atoms with Crippen molar-refractivity contribution < 1.29 is 22.8 Å². The molecule has 5 nitrogen and oxygen atoms in total. The summed E-state index contributed by atoms with van der Waals surface area (Å²) in [6.45, 7) is 9.37. The number of carbonyl (C=O) groups excluding carboxylic acids is 1. The average Bonchev–Trinajstić information content (AvgIpc) is 2.29. The van der Waals surface area contributed by atoms with Crippen LogP contribution in [-0.4, -0.2) is 45.1 Å². The molecule has 1 unspecified atom stereocenters. The van der Waals surface area contributed by atoms with Gasteiger partial charge < -0.3 is 18.0 Å². The van der Waals surface area contributed by atoms with Gasteiger partial charge in [-0.05, 0) is 27.7 Å². The van der Waals surface area contributed by atoms with Crippen molar-refractivity contribution in [2.45, 2.75) is 37.7 Å². The topological polar surface area (TPSA) is 54.0 Å². The molecular formula is C11H23IO5Si. The number of rotatable bonds is 10. The number of esters is 1. The quantitative estimate of drug-likeness (QED) is 0.248. The molecule has 0 saturated carbocycles. The third kappa shape index (κ3) is 7.03. The number of halogens is 1. The summed E-state index contributed by atoms with van der Waals surface area (Å²) in [4.78, 5) is 11.4. The van der Waals surface area contributed by atoms with E-state index in [0.29, 0.717) is 25.9 Å². The lowest BCUT2D eigenvalue weighted by Crippen LogP contribution is -2.47. The van der Waals surface area contributed by atoms with E-state index in [9.17, 15) is 4.79 Å². The van der Waals surface area contributed by atoms with Crippen molar-refractivity contribution in [3.63, 3.8) is 0 Å². The van der Waals surface area contributed by atoms with Crippen LogP contribution in [0.25, 0.3) is 0 Å². The molecule has 1 atom stereocenters. The summed E-state index contributed by atoms with van der Waals surface area (Å²) in [6.07, 6.45) is 0. The van der Waals surface area contributed by atoms with Gasteiger partial charge in [0.05, 0.1) is 12.7 Å². The molecule has 0 aliphatic carbocycles. The van der Waals surface area contributed by atoms with Crippen LogP contribution in [0.3, 0.4) is 0 Å². The van der Waals surface area contributed by atoms with Crippen molar-refractivity contribution in [2.24, 2.45) is 0 Å². The maximum Gasteiger partial charge on any atom is 0.504 e. The van der Waals surface area contributed by atoms with Gasteiger partial charge in [0, 0.05) is 19.8 Å². The molecule has 0 fully saturated rings. The van der Waals surface area contributed by atoms with Crippen molar-refractivity contribution in [3.8, 4) is 0 Å². The predicted octanol–water partition coefficient (Wildman–Crippen LogP) is 2.40. The van der Waals surface area contributed by atoms with Crippen LogP contribution in [-0.2, 0) is 22.8 Å². The van der Waals surface area contributed by atoms with Crippen LogP contribution in [0.2, 0.25) is 6.04 Å². The molecule has 0 aliphatic rings. The fourth-order valence-electron chi connectivity index (χ4n) is 1.39. The van der Waals surface area contributed by atoms with Gasteiger partial charge in [-0.3, -0.25) is 4.79 Å². The Hall–Kier alpha value is 0.297. The van der Waals surface area contributed by atoms with Crippen molar-refractivity contribution in [1.29, 1.82) is 0 Å². The summed E-state index contributed by atoms with van der Waals surface area (Å²) in [5, 5.41) is 0. The van der Waals surface area contributed by atoms with E-state index in [1.165, 1.54) is 0 Å². The van der Waals surface area contributed by atoms with Crippen LogP contribution in [0.1, 0.15) is 27.7 Å². The number of ether oxygens (including phenoxy) is 1. The van der Waals surface area contributed by atoms with E-state index < -0.39 is 8.80 Å². The maximum absolute atomic E-state index is 11.4. The van der Waals surface area contributed by atoms with Gasteiger partial charge in [-0.2, -0.15) is 0 Å². The van der Waals surface area contributed by atoms with Gasteiger partial charge in [0.2, 0.25) is 0 Å². The van der Waals surface area contributed by atoms with Gasteiger partial charge in [-0.1, -0.05) is 22.6 Å². The van der Waals surface area contributed by atoms with E-state index >= 15 is 0 Å². The third-order valence-corrected chi connectivity index (χ3v) is 5.58. The Morgan fingerprint density at radius 1 is 1.11 bits per heavy atom. The molecule has 0 rings (SSSR count). The zero-order valence-corrected chi connectivity index (χ0v) is 14.7. The van der Waals surface area contributed by atoms with E-state index in [2.05, 4.69) is 0 Å². The van der Waals surface area contributed by atoms with Crippen LogP contribution in [0.5, 0.6) is 0 Å². The summed E-state index contributed by atoms with van der Waals surface area (Å²) in [5.74, 6) is -0.219. The molecule has 0 bridgehead atoms. The average molecular weight is 390 g/mol. The zero-order valence-electron chi connectivity index (χ0n) is 11.5. The Balaban J connectivity index is 4.33. The molecule has 0 saturated heterocycles. The smallest absolute Gasteiger partial charge is 0.465 e. The standard InChI is InChI=1S/C11H23IO5Si/c1-5-15-18(16-6-2,17-7-3)9-8-14-11(13)10(4)12/h10H,5-9H2,1-4H3. The summed E-state index contributed by atoms with van der Waals surface area (Å²) in [5.41, 5.74) is 0. The Bertz CT molecular complexity index is 220. The monoisotopic (exact) mass is 390 g/mol. The second-order valence-electron chi connectivity index (χ2n) is 3.52. The zero-order chi connectivity index (χ0) is 14.0. The summed E-state index contributed by atoms with van der Waals surface area (Å²) in [7, 11) is -2.68. The Kier molecular flexibility index (Phi) is 10.3. The second kappa shape index (κ2) is 10.1. The number of alkyl halides is 1. The van der Waals surface area contributed by atoms with Crippen LogP contribution < -0.4 is 0 Å². The lowest BCUT2D eigenvalue weighted by atomic mass is 10.5. The van der Waals surface area contributed by atoms with Crippen molar-refractivity contribution in [2.75, 3.05) is 26.4 Å². The molecule has 18 heavy (non-hydrogen) atoms. The lowest BCUT2D eigenvalue weighted by Gasteiger charge is -2.28. The fraction of sp³-hybridized carbons (Fsp3) is 0.909. The largest absolute Gasteiger partial charge is 0.504 e. The van der Waals surface area contributed by atoms with Gasteiger partial charge >= 0.3 is 14.8 Å². The molecule has 0 radical (unpaired) electrons. The predicted molar refractivity (Wildman–Crippen MR) is 79.9 cm³/mol. The van der Waals surface area contributed by atoms with E-state index in [0.717, 1.165) is 0 Å². The summed E-state index contributed by atoms with van der Waals surface area (Å²) >= 11 is 2.02. The van der Waals surface area contributed by atoms with Gasteiger partial charge in [0.1, 0.15) is 3.92 Å². The molecule has 0 aromatic carbocycles. The lowest BCUT2D eigenvalue weighted by molar-refractivity contribution is -0.141. The molecule has 0 aliphatic heterocycles. The van der Waals surface area contributed by atoms with Crippen molar-refractivity contribution in [1.82, 2.24) is 0 Å². The van der Waals surface area contributed by atoms with Gasteiger partial charge in [0.25, 0.3) is 0 Å². The molecule has 108 valence electrons. The first-order valence-corrected chi connectivity index (χ1v) is 9.41. The number of hydrogen-bond acceptors (Lipinski definition) is 5. The normalized spacial score (nSPS) is 13.4. The highest BCUT2D eigenvalue weighted by atomic mass is 127. The molecule has 0 aromatic heterocycles. The third-order valence-electron chi connectivity index (χ3n) is 2.07. The van der Waals surface area contributed by atoms with Crippen LogP contribution >= 0.6 is 22.6 Å². The van der Waals surface area contributed by atoms with Gasteiger partial charge in [-0.15, -0.1) is 0 Å². The van der Waals surface area contributed by atoms with Crippen molar-refractivity contribution in [3.05, 3.63) is 0 Å². The van der Waals surface area contributed by atoms with Crippen LogP contribution in [0.4, 0.5) is 0 Å². The maximum atomic E-state index is 11.4. The minimum atomic E-state index is -2.68. The molecule has 0 N–H and O–H groups in total. The SMILES string of the molecule is CCO[Si](CCOC(=O)C(C)I)(OCC)OCC. The molecule has 0 aromatic rings. The molecule has 7 heteroatoms. The molecule has 0 amide bonds. The Morgan fingerprint density at radius 2 is 1.56 bits per heavy atom. The van der Waals surface area contributed by atoms with Gasteiger partial charge in [-0.25, -0.2) is 0 Å². The number of hydrogen-bond donors (Lipinski definition) is 0. The van der Waals surface area contributed by atoms with Crippen LogP contribution in [0, 0.1) is 0 Å². The highest BCUT2D eigenvalue weighted by Gasteiger charge is 2.40. The second-order valence-corrected chi connectivity index (χ2v) is 8.12. The summed E-state index contributed by atoms with van der Waals surface area (Å²) < 4.78 is 22.0. The van der Waals surface area contributed by atoms with E-state index in [1.807, 2.05) is 43.4 Å². The highest BCUT2D eigenvalue weighted by Crippen LogP contribution is 2.16. The van der Waals surface area contributed by atoms with Gasteiger partial charge in [0.15, 0.2) is 0 Å². The Labute approximate surface area is 124 Å². The van der Waals surface area contributed by atoms with E-state index in [-0.39, 0.29) is 16.5 Å². The number of carbonyl (C=O) groups is 1. The van der Waals surface area contributed by atoms with E-state index in [1.54, 1.807) is 6.92 Å². The molecule has 0 heterocycles. The molecule has 0 spiro atoms. The fourth-order valence-corrected chi connectivity index (χ4v) is 3.93. The highest BCUT2D eigenvalue weighted by molar-refractivity contribution is 14.1. The first kappa shape index (κ1) is 18.3. The van der Waals surface area contributed by atoms with E-state index in [4.69, 9.17) is 18.0 Å². The van der Waals surface area contributed by atoms with Crippen molar-refractivity contribution >= 4 is 37.4 Å². The van der Waals surface area contributed by atoms with Crippen LogP contribution in [0.15, 0.2) is 0 Å².